The summed E-state index contributed by atoms with van der Waals surface area (Å²) in [4.78, 5) is 6.28. The van der Waals surface area contributed by atoms with Gasteiger partial charge in [0.05, 0.1) is 18.9 Å². The van der Waals surface area contributed by atoms with E-state index in [-0.39, 0.29) is 0 Å². The molecule has 2 heterocycles. The zero-order valence-corrected chi connectivity index (χ0v) is 11.7. The number of rotatable bonds is 4. The van der Waals surface area contributed by atoms with Crippen LogP contribution in [0.4, 0.5) is 0 Å². The number of aromatic nitrogens is 1. The Kier molecular flexibility index (Phi) is 4.39. The third kappa shape index (κ3) is 2.88. The van der Waals surface area contributed by atoms with Crippen molar-refractivity contribution in [2.75, 3.05) is 13.7 Å². The van der Waals surface area contributed by atoms with Gasteiger partial charge in [0.2, 0.25) is 0 Å². The van der Waals surface area contributed by atoms with Crippen LogP contribution in [0.3, 0.4) is 0 Å². The number of likely N-dealkylation sites (tertiary alicyclic amines) is 1. The van der Waals surface area contributed by atoms with Crippen LogP contribution in [0.25, 0.3) is 0 Å². The minimum Gasteiger partial charge on any atom is -0.496 e. The normalized spacial score (nSPS) is 26.1. The summed E-state index contributed by atoms with van der Waals surface area (Å²) in [6.07, 6.45) is 5.93. The van der Waals surface area contributed by atoms with Crippen LogP contribution < -0.4 is 10.5 Å². The number of ether oxygens (including phenoxy) is 1. The molecular formula is C14H23N3O2. The maximum Gasteiger partial charge on any atom is 0.126 e. The number of piperidine rings is 1. The fourth-order valence-corrected chi connectivity index (χ4v) is 2.71. The fraction of sp³-hybridized carbons (Fsp3) is 0.643. The van der Waals surface area contributed by atoms with Gasteiger partial charge in [-0.2, -0.15) is 0 Å². The van der Waals surface area contributed by atoms with Crippen molar-refractivity contribution in [3.63, 3.8) is 0 Å². The van der Waals surface area contributed by atoms with Crippen LogP contribution in [0, 0.1) is 0 Å². The minimum atomic E-state index is -0.654. The second-order valence-electron chi connectivity index (χ2n) is 5.23. The highest BCUT2D eigenvalue weighted by atomic mass is 16.5. The second-order valence-corrected chi connectivity index (χ2v) is 5.23. The Balaban J connectivity index is 2.20. The number of hydrogen-bond donors (Lipinski definition) is 2. The molecule has 0 radical (unpaired) electrons. The Morgan fingerprint density at radius 2 is 2.37 bits per heavy atom. The molecule has 1 saturated heterocycles. The highest BCUT2D eigenvalue weighted by Gasteiger charge is 2.39. The predicted molar refractivity (Wildman–Crippen MR) is 73.6 cm³/mol. The summed E-state index contributed by atoms with van der Waals surface area (Å²) < 4.78 is 5.35. The van der Waals surface area contributed by atoms with Gasteiger partial charge in [0.1, 0.15) is 5.75 Å². The topological polar surface area (TPSA) is 71.6 Å². The molecule has 5 nitrogen and oxygen atoms in total. The fourth-order valence-electron chi connectivity index (χ4n) is 2.71. The van der Waals surface area contributed by atoms with Gasteiger partial charge >= 0.3 is 0 Å². The maximum absolute atomic E-state index is 10.00. The van der Waals surface area contributed by atoms with Crippen molar-refractivity contribution in [2.45, 2.75) is 44.5 Å². The molecule has 5 heteroatoms. The van der Waals surface area contributed by atoms with E-state index in [1.165, 1.54) is 0 Å². The van der Waals surface area contributed by atoms with Gasteiger partial charge in [-0.05, 0) is 32.3 Å². The molecule has 0 bridgehead atoms. The van der Waals surface area contributed by atoms with Crippen LogP contribution in [0.2, 0.25) is 0 Å². The van der Waals surface area contributed by atoms with E-state index in [2.05, 4.69) is 9.88 Å². The highest BCUT2D eigenvalue weighted by Crippen LogP contribution is 2.30. The third-order valence-electron chi connectivity index (χ3n) is 4.01. The van der Waals surface area contributed by atoms with Crippen molar-refractivity contribution >= 4 is 0 Å². The summed E-state index contributed by atoms with van der Waals surface area (Å²) in [5.74, 6) is 0.813. The summed E-state index contributed by atoms with van der Waals surface area (Å²) in [5, 5.41) is 10.00. The zero-order valence-electron chi connectivity index (χ0n) is 11.7. The van der Waals surface area contributed by atoms with Gasteiger partial charge in [0, 0.05) is 31.0 Å². The monoisotopic (exact) mass is 265 g/mol. The van der Waals surface area contributed by atoms with Gasteiger partial charge in [-0.3, -0.25) is 9.88 Å². The van der Waals surface area contributed by atoms with Crippen molar-refractivity contribution in [3.05, 3.63) is 24.0 Å². The molecule has 19 heavy (non-hydrogen) atoms. The summed E-state index contributed by atoms with van der Waals surface area (Å²) in [7, 11) is 1.65. The van der Waals surface area contributed by atoms with E-state index in [1.807, 2.05) is 6.07 Å². The van der Waals surface area contributed by atoms with Gasteiger partial charge in [0.25, 0.3) is 0 Å². The van der Waals surface area contributed by atoms with E-state index in [1.54, 1.807) is 26.4 Å². The van der Waals surface area contributed by atoms with Gasteiger partial charge in [-0.1, -0.05) is 0 Å². The van der Waals surface area contributed by atoms with Crippen LogP contribution >= 0.6 is 0 Å². The van der Waals surface area contributed by atoms with Gasteiger partial charge < -0.3 is 15.6 Å². The van der Waals surface area contributed by atoms with E-state index in [9.17, 15) is 5.11 Å². The molecule has 0 saturated carbocycles. The molecule has 0 amide bonds. The Morgan fingerprint density at radius 3 is 3.05 bits per heavy atom. The smallest absolute Gasteiger partial charge is 0.126 e. The first-order valence-corrected chi connectivity index (χ1v) is 6.77. The molecule has 1 aromatic rings. The summed E-state index contributed by atoms with van der Waals surface area (Å²) in [5.41, 5.74) is 6.75. The summed E-state index contributed by atoms with van der Waals surface area (Å²) in [6.45, 7) is 3.30. The highest BCUT2D eigenvalue weighted by molar-refractivity contribution is 5.30. The van der Waals surface area contributed by atoms with Crippen molar-refractivity contribution in [2.24, 2.45) is 5.73 Å². The maximum atomic E-state index is 10.00. The summed E-state index contributed by atoms with van der Waals surface area (Å²) >= 11 is 0. The number of aliphatic hydroxyl groups is 1. The lowest BCUT2D eigenvalue weighted by atomic mass is 9.91. The van der Waals surface area contributed by atoms with Crippen LogP contribution in [-0.2, 0) is 6.54 Å². The Bertz CT molecular complexity index is 425. The molecule has 1 aromatic heterocycles. The number of nitrogens with zero attached hydrogens (tertiary/aromatic N) is 2. The largest absolute Gasteiger partial charge is 0.496 e. The molecule has 2 atom stereocenters. The third-order valence-corrected chi connectivity index (χ3v) is 4.01. The molecule has 2 unspecified atom stereocenters. The van der Waals surface area contributed by atoms with Crippen LogP contribution in [0.15, 0.2) is 18.5 Å². The molecule has 3 N–H and O–H groups in total. The van der Waals surface area contributed by atoms with Crippen LogP contribution in [-0.4, -0.2) is 40.4 Å². The first kappa shape index (κ1) is 14.2. The molecule has 1 fully saturated rings. The SMILES string of the molecule is COc1ccncc1CN1CCCCC1(N)C(C)O. The Labute approximate surface area is 114 Å². The number of methoxy groups -OCH3 is 1. The van der Waals surface area contributed by atoms with Crippen molar-refractivity contribution < 1.29 is 9.84 Å². The summed E-state index contributed by atoms with van der Waals surface area (Å²) in [6, 6.07) is 1.85. The van der Waals surface area contributed by atoms with Gasteiger partial charge in [0.15, 0.2) is 0 Å². The zero-order chi connectivity index (χ0) is 13.9. The Hall–Kier alpha value is -1.17. The lowest BCUT2D eigenvalue weighted by Gasteiger charge is -2.46. The minimum absolute atomic E-state index is 0.560. The van der Waals surface area contributed by atoms with E-state index >= 15 is 0 Å². The van der Waals surface area contributed by atoms with E-state index < -0.39 is 11.8 Å². The molecule has 1 aliphatic rings. The molecule has 2 rings (SSSR count). The lowest BCUT2D eigenvalue weighted by Crippen LogP contribution is -2.64. The first-order valence-electron chi connectivity index (χ1n) is 6.77. The first-order chi connectivity index (χ1) is 9.08. The number of nitrogens with two attached hydrogens (primary N) is 1. The van der Waals surface area contributed by atoms with Crippen molar-refractivity contribution in [1.82, 2.24) is 9.88 Å². The molecular weight excluding hydrogens is 242 g/mol. The number of pyridine rings is 1. The molecule has 0 aliphatic carbocycles. The van der Waals surface area contributed by atoms with Gasteiger partial charge in [-0.25, -0.2) is 0 Å². The second kappa shape index (κ2) is 5.86. The standard InChI is InChI=1S/C14H23N3O2/c1-11(18)14(15)6-3-4-8-17(14)10-12-9-16-7-5-13(12)19-2/h5,7,9,11,18H,3-4,6,8,10,15H2,1-2H3. The quantitative estimate of drug-likeness (QED) is 0.853. The van der Waals surface area contributed by atoms with Crippen LogP contribution in [0.5, 0.6) is 5.75 Å². The van der Waals surface area contributed by atoms with Crippen molar-refractivity contribution in [1.29, 1.82) is 0 Å². The van der Waals surface area contributed by atoms with Crippen molar-refractivity contribution in [3.8, 4) is 5.75 Å². The number of hydrogen-bond acceptors (Lipinski definition) is 5. The molecule has 0 aromatic carbocycles. The molecule has 0 spiro atoms. The average Bonchev–Trinajstić information content (AvgIpc) is 2.42. The molecule has 106 valence electrons. The number of aliphatic hydroxyl groups excluding tert-OH is 1. The predicted octanol–water partition coefficient (Wildman–Crippen LogP) is 1.11. The lowest BCUT2D eigenvalue weighted by molar-refractivity contribution is -0.0498. The van der Waals surface area contributed by atoms with E-state index in [0.29, 0.717) is 6.54 Å². The van der Waals surface area contributed by atoms with E-state index in [4.69, 9.17) is 10.5 Å². The van der Waals surface area contributed by atoms with Crippen LogP contribution in [0.1, 0.15) is 31.7 Å². The average molecular weight is 265 g/mol. The Morgan fingerprint density at radius 1 is 1.58 bits per heavy atom. The van der Waals surface area contributed by atoms with Gasteiger partial charge in [-0.15, -0.1) is 0 Å². The molecule has 1 aliphatic heterocycles. The van der Waals surface area contributed by atoms with E-state index in [0.717, 1.165) is 37.1 Å².